The van der Waals surface area contributed by atoms with Crippen LogP contribution in [0.3, 0.4) is 0 Å². The van der Waals surface area contributed by atoms with Crippen LogP contribution in [0.15, 0.2) is 15.2 Å². The van der Waals surface area contributed by atoms with Crippen molar-refractivity contribution in [3.63, 3.8) is 0 Å². The standard InChI is InChI=1S/C10H14BrNOS/c11-9-6-14-5-8(9)10(13)3-1-2-7(12)4-10/h5-7,13H,1-4,12H2. The first-order chi connectivity index (χ1) is 6.62. The lowest BCUT2D eigenvalue weighted by Gasteiger charge is -2.35. The van der Waals surface area contributed by atoms with Crippen LogP contribution in [0.2, 0.25) is 0 Å². The number of halogens is 1. The molecular weight excluding hydrogens is 262 g/mol. The van der Waals surface area contributed by atoms with Gasteiger partial charge in [0.2, 0.25) is 0 Å². The van der Waals surface area contributed by atoms with Crippen molar-refractivity contribution in [2.45, 2.75) is 37.3 Å². The summed E-state index contributed by atoms with van der Waals surface area (Å²) in [5, 5.41) is 14.5. The fraction of sp³-hybridized carbons (Fsp3) is 0.600. The van der Waals surface area contributed by atoms with Crippen LogP contribution >= 0.6 is 27.3 Å². The SMILES string of the molecule is NC1CCCC(O)(c2cscc2Br)C1. The summed E-state index contributed by atoms with van der Waals surface area (Å²) in [5.74, 6) is 0. The quantitative estimate of drug-likeness (QED) is 0.828. The molecule has 0 radical (unpaired) electrons. The van der Waals surface area contributed by atoms with Crippen LogP contribution in [0.1, 0.15) is 31.2 Å². The Labute approximate surface area is 96.3 Å². The summed E-state index contributed by atoms with van der Waals surface area (Å²) < 4.78 is 1.01. The number of aliphatic hydroxyl groups is 1. The molecule has 1 aromatic rings. The number of hydrogen-bond donors (Lipinski definition) is 2. The molecule has 2 unspecified atom stereocenters. The molecular formula is C10H14BrNOS. The van der Waals surface area contributed by atoms with E-state index in [9.17, 15) is 5.11 Å². The summed E-state index contributed by atoms with van der Waals surface area (Å²) >= 11 is 5.08. The van der Waals surface area contributed by atoms with E-state index in [1.54, 1.807) is 11.3 Å². The van der Waals surface area contributed by atoms with Crippen molar-refractivity contribution < 1.29 is 5.11 Å². The van der Waals surface area contributed by atoms with Crippen LogP contribution in [0.5, 0.6) is 0 Å². The third kappa shape index (κ3) is 1.89. The average Bonchev–Trinajstić information content (AvgIpc) is 2.51. The van der Waals surface area contributed by atoms with Crippen LogP contribution in [-0.2, 0) is 5.60 Å². The summed E-state index contributed by atoms with van der Waals surface area (Å²) in [6, 6.07) is 0.139. The van der Waals surface area contributed by atoms with Crippen molar-refractivity contribution in [2.75, 3.05) is 0 Å². The van der Waals surface area contributed by atoms with Crippen molar-refractivity contribution in [3.05, 3.63) is 20.8 Å². The Balaban J connectivity index is 2.27. The van der Waals surface area contributed by atoms with Gasteiger partial charge in [0.25, 0.3) is 0 Å². The summed E-state index contributed by atoms with van der Waals surface area (Å²) in [6.45, 7) is 0. The van der Waals surface area contributed by atoms with E-state index in [0.717, 1.165) is 29.3 Å². The van der Waals surface area contributed by atoms with Gasteiger partial charge in [0.05, 0.1) is 5.60 Å². The van der Waals surface area contributed by atoms with Gasteiger partial charge in [-0.3, -0.25) is 0 Å². The zero-order valence-corrected chi connectivity index (χ0v) is 10.3. The Morgan fingerprint density at radius 1 is 1.57 bits per heavy atom. The zero-order chi connectivity index (χ0) is 10.2. The first kappa shape index (κ1) is 10.6. The Morgan fingerprint density at radius 2 is 2.36 bits per heavy atom. The molecule has 14 heavy (non-hydrogen) atoms. The Morgan fingerprint density at radius 3 is 2.93 bits per heavy atom. The fourth-order valence-corrected chi connectivity index (χ4v) is 3.91. The number of rotatable bonds is 1. The molecule has 1 saturated carbocycles. The van der Waals surface area contributed by atoms with E-state index in [4.69, 9.17) is 5.73 Å². The van der Waals surface area contributed by atoms with Crippen LogP contribution in [0, 0.1) is 0 Å². The molecule has 2 rings (SSSR count). The Kier molecular flexibility index (Phi) is 2.98. The molecule has 1 fully saturated rings. The van der Waals surface area contributed by atoms with Gasteiger partial charge in [0, 0.05) is 21.5 Å². The summed E-state index contributed by atoms with van der Waals surface area (Å²) in [4.78, 5) is 0. The molecule has 1 aliphatic carbocycles. The predicted molar refractivity (Wildman–Crippen MR) is 62.4 cm³/mol. The van der Waals surface area contributed by atoms with Gasteiger partial charge in [-0.2, -0.15) is 11.3 Å². The highest BCUT2D eigenvalue weighted by Gasteiger charge is 2.36. The molecule has 0 spiro atoms. The number of nitrogens with two attached hydrogens (primary N) is 1. The molecule has 0 amide bonds. The third-order valence-electron chi connectivity index (χ3n) is 2.88. The molecule has 1 heterocycles. The van der Waals surface area contributed by atoms with E-state index >= 15 is 0 Å². The monoisotopic (exact) mass is 275 g/mol. The molecule has 2 nitrogen and oxygen atoms in total. The lowest BCUT2D eigenvalue weighted by atomic mass is 9.78. The molecule has 4 heteroatoms. The minimum Gasteiger partial charge on any atom is -0.385 e. The molecule has 2 atom stereocenters. The van der Waals surface area contributed by atoms with E-state index in [-0.39, 0.29) is 6.04 Å². The fourth-order valence-electron chi connectivity index (χ4n) is 2.15. The molecule has 0 bridgehead atoms. The van der Waals surface area contributed by atoms with Gasteiger partial charge in [-0.15, -0.1) is 0 Å². The second-order valence-electron chi connectivity index (χ2n) is 4.02. The molecule has 0 aromatic carbocycles. The van der Waals surface area contributed by atoms with E-state index in [2.05, 4.69) is 15.9 Å². The van der Waals surface area contributed by atoms with E-state index < -0.39 is 5.60 Å². The van der Waals surface area contributed by atoms with Crippen LogP contribution in [0.4, 0.5) is 0 Å². The van der Waals surface area contributed by atoms with Gasteiger partial charge in [-0.1, -0.05) is 0 Å². The Hall–Kier alpha value is 0.100. The second kappa shape index (κ2) is 3.93. The molecule has 78 valence electrons. The molecule has 0 saturated heterocycles. The smallest absolute Gasteiger partial charge is 0.0930 e. The normalized spacial score (nSPS) is 33.2. The van der Waals surface area contributed by atoms with Gasteiger partial charge in [0.1, 0.15) is 0 Å². The topological polar surface area (TPSA) is 46.2 Å². The highest BCUT2D eigenvalue weighted by Crippen LogP contribution is 2.41. The van der Waals surface area contributed by atoms with Crippen molar-refractivity contribution in [1.29, 1.82) is 0 Å². The lowest BCUT2D eigenvalue weighted by Crippen LogP contribution is -2.39. The maximum atomic E-state index is 10.5. The summed E-state index contributed by atoms with van der Waals surface area (Å²) in [7, 11) is 0. The maximum Gasteiger partial charge on any atom is 0.0930 e. The lowest BCUT2D eigenvalue weighted by molar-refractivity contribution is -0.00740. The van der Waals surface area contributed by atoms with E-state index in [1.807, 2.05) is 10.8 Å². The largest absolute Gasteiger partial charge is 0.385 e. The van der Waals surface area contributed by atoms with Crippen LogP contribution < -0.4 is 5.73 Å². The molecule has 3 N–H and O–H groups in total. The van der Waals surface area contributed by atoms with Gasteiger partial charge < -0.3 is 10.8 Å². The van der Waals surface area contributed by atoms with Crippen molar-refractivity contribution in [2.24, 2.45) is 5.73 Å². The predicted octanol–water partition coefficient (Wildman–Crippen LogP) is 2.60. The van der Waals surface area contributed by atoms with Gasteiger partial charge >= 0.3 is 0 Å². The summed E-state index contributed by atoms with van der Waals surface area (Å²) in [6.07, 6.45) is 3.56. The van der Waals surface area contributed by atoms with Crippen molar-refractivity contribution in [3.8, 4) is 0 Å². The van der Waals surface area contributed by atoms with Gasteiger partial charge in [0.15, 0.2) is 0 Å². The van der Waals surface area contributed by atoms with Gasteiger partial charge in [-0.05, 0) is 47.0 Å². The molecule has 1 aromatic heterocycles. The highest BCUT2D eigenvalue weighted by atomic mass is 79.9. The first-order valence-corrected chi connectivity index (χ1v) is 6.55. The minimum atomic E-state index is -0.698. The number of thiophene rings is 1. The zero-order valence-electron chi connectivity index (χ0n) is 7.87. The average molecular weight is 276 g/mol. The van der Waals surface area contributed by atoms with E-state index in [0.29, 0.717) is 6.42 Å². The van der Waals surface area contributed by atoms with E-state index in [1.165, 1.54) is 0 Å². The van der Waals surface area contributed by atoms with Crippen LogP contribution in [-0.4, -0.2) is 11.1 Å². The first-order valence-electron chi connectivity index (χ1n) is 4.82. The second-order valence-corrected chi connectivity index (χ2v) is 5.62. The van der Waals surface area contributed by atoms with Crippen molar-refractivity contribution >= 4 is 27.3 Å². The third-order valence-corrected chi connectivity index (χ3v) is 4.58. The van der Waals surface area contributed by atoms with Crippen LogP contribution in [0.25, 0.3) is 0 Å². The maximum absolute atomic E-state index is 10.5. The summed E-state index contributed by atoms with van der Waals surface area (Å²) in [5.41, 5.74) is 6.21. The minimum absolute atomic E-state index is 0.139. The van der Waals surface area contributed by atoms with Gasteiger partial charge in [-0.25, -0.2) is 0 Å². The molecule has 1 aliphatic rings. The van der Waals surface area contributed by atoms with Crippen molar-refractivity contribution in [1.82, 2.24) is 0 Å². The Bertz CT molecular complexity index is 328. The highest BCUT2D eigenvalue weighted by molar-refractivity contribution is 9.10. The number of hydrogen-bond acceptors (Lipinski definition) is 3. The molecule has 0 aliphatic heterocycles.